The van der Waals surface area contributed by atoms with Crippen LogP contribution in [0.25, 0.3) is 11.3 Å². The molecule has 6 heteroatoms. The Kier molecular flexibility index (Phi) is 3.35. The molecule has 0 atom stereocenters. The lowest BCUT2D eigenvalue weighted by atomic mass is 9.96. The second kappa shape index (κ2) is 5.57. The standard InChI is InChI=1S/C18H19N3O2S/c22-16-10-14-9-13(8-12-2-1-3-21(16)17(12)14)15-11-24-18(19-15)20-4-6-23-7-5-20/h8-9,11H,1-7,10H2. The number of anilines is 2. The van der Waals surface area contributed by atoms with Gasteiger partial charge in [-0.15, -0.1) is 11.3 Å². The molecule has 1 saturated heterocycles. The summed E-state index contributed by atoms with van der Waals surface area (Å²) in [4.78, 5) is 21.3. The van der Waals surface area contributed by atoms with Crippen LogP contribution in [0.4, 0.5) is 10.8 Å². The van der Waals surface area contributed by atoms with Gasteiger partial charge in [0.15, 0.2) is 5.13 Å². The molecule has 0 aliphatic carbocycles. The molecule has 2 aromatic rings. The molecule has 124 valence electrons. The first-order valence-electron chi connectivity index (χ1n) is 8.54. The third-order valence-electron chi connectivity index (χ3n) is 5.08. The minimum atomic E-state index is 0.246. The van der Waals surface area contributed by atoms with E-state index in [1.807, 2.05) is 4.90 Å². The number of carbonyl (C=O) groups excluding carboxylic acids is 1. The molecule has 0 unspecified atom stereocenters. The molecule has 0 N–H and O–H groups in total. The Balaban J connectivity index is 1.51. The van der Waals surface area contributed by atoms with E-state index in [-0.39, 0.29) is 5.91 Å². The Morgan fingerprint density at radius 3 is 2.83 bits per heavy atom. The number of morpholine rings is 1. The van der Waals surface area contributed by atoms with Crippen molar-refractivity contribution < 1.29 is 9.53 Å². The highest BCUT2D eigenvalue weighted by molar-refractivity contribution is 7.14. The van der Waals surface area contributed by atoms with Crippen LogP contribution >= 0.6 is 11.3 Å². The first-order valence-corrected chi connectivity index (χ1v) is 9.42. The quantitative estimate of drug-likeness (QED) is 0.842. The van der Waals surface area contributed by atoms with Gasteiger partial charge in [-0.25, -0.2) is 4.98 Å². The third kappa shape index (κ3) is 2.24. The molecule has 5 nitrogen and oxygen atoms in total. The van der Waals surface area contributed by atoms with Crippen LogP contribution < -0.4 is 9.80 Å². The van der Waals surface area contributed by atoms with Crippen molar-refractivity contribution >= 4 is 28.1 Å². The molecule has 1 aromatic carbocycles. The largest absolute Gasteiger partial charge is 0.378 e. The zero-order valence-electron chi connectivity index (χ0n) is 13.5. The predicted molar refractivity (Wildman–Crippen MR) is 95.0 cm³/mol. The van der Waals surface area contributed by atoms with E-state index in [1.165, 1.54) is 16.8 Å². The van der Waals surface area contributed by atoms with E-state index in [0.717, 1.165) is 62.1 Å². The summed E-state index contributed by atoms with van der Waals surface area (Å²) < 4.78 is 5.42. The molecule has 3 aliphatic heterocycles. The van der Waals surface area contributed by atoms with Crippen LogP contribution in [0.5, 0.6) is 0 Å². The molecule has 4 heterocycles. The predicted octanol–water partition coefficient (Wildman–Crippen LogP) is 2.48. The first kappa shape index (κ1) is 14.4. The van der Waals surface area contributed by atoms with E-state index in [2.05, 4.69) is 22.4 Å². The fourth-order valence-corrected chi connectivity index (χ4v) is 4.81. The second-order valence-electron chi connectivity index (χ2n) is 6.58. The number of nitrogens with zero attached hydrogens (tertiary/aromatic N) is 3. The number of aromatic nitrogens is 1. The molecule has 0 spiro atoms. The number of thiazole rings is 1. The van der Waals surface area contributed by atoms with Gasteiger partial charge < -0.3 is 14.5 Å². The van der Waals surface area contributed by atoms with Gasteiger partial charge >= 0.3 is 0 Å². The minimum absolute atomic E-state index is 0.246. The minimum Gasteiger partial charge on any atom is -0.378 e. The smallest absolute Gasteiger partial charge is 0.231 e. The van der Waals surface area contributed by atoms with Crippen LogP contribution in [-0.4, -0.2) is 43.7 Å². The van der Waals surface area contributed by atoms with Crippen molar-refractivity contribution in [1.82, 2.24) is 4.98 Å². The first-order chi connectivity index (χ1) is 11.8. The van der Waals surface area contributed by atoms with Gasteiger partial charge in [0.05, 0.1) is 31.0 Å². The van der Waals surface area contributed by atoms with Gasteiger partial charge in [-0.1, -0.05) is 0 Å². The van der Waals surface area contributed by atoms with Crippen molar-refractivity contribution in [2.45, 2.75) is 19.3 Å². The van der Waals surface area contributed by atoms with Crippen molar-refractivity contribution in [3.8, 4) is 11.3 Å². The normalized spacial score (nSPS) is 19.8. The lowest BCUT2D eigenvalue weighted by Gasteiger charge is -2.26. The number of hydrogen-bond donors (Lipinski definition) is 0. The summed E-state index contributed by atoms with van der Waals surface area (Å²) in [5, 5.41) is 3.21. The molecule has 0 radical (unpaired) electrons. The summed E-state index contributed by atoms with van der Waals surface area (Å²) >= 11 is 1.69. The van der Waals surface area contributed by atoms with Gasteiger partial charge in [0.1, 0.15) is 0 Å². The summed E-state index contributed by atoms with van der Waals surface area (Å²) in [5.41, 5.74) is 5.83. The molecule has 3 aliphatic rings. The van der Waals surface area contributed by atoms with Crippen LogP contribution in [0.2, 0.25) is 0 Å². The van der Waals surface area contributed by atoms with E-state index >= 15 is 0 Å². The van der Waals surface area contributed by atoms with Gasteiger partial charge in [0.2, 0.25) is 5.91 Å². The van der Waals surface area contributed by atoms with Gasteiger partial charge in [-0.2, -0.15) is 0 Å². The van der Waals surface area contributed by atoms with E-state index in [4.69, 9.17) is 9.72 Å². The molecule has 1 fully saturated rings. The number of hydrogen-bond acceptors (Lipinski definition) is 5. The average Bonchev–Trinajstić information content (AvgIpc) is 3.23. The summed E-state index contributed by atoms with van der Waals surface area (Å²) in [6.45, 7) is 4.24. The topological polar surface area (TPSA) is 45.7 Å². The maximum Gasteiger partial charge on any atom is 0.231 e. The molecular formula is C18H19N3O2S. The Hall–Kier alpha value is -1.92. The van der Waals surface area contributed by atoms with E-state index < -0.39 is 0 Å². The Bertz CT molecular complexity index is 811. The molecule has 24 heavy (non-hydrogen) atoms. The molecule has 1 amide bonds. The van der Waals surface area contributed by atoms with Gasteiger partial charge in [-0.3, -0.25) is 4.79 Å². The zero-order valence-corrected chi connectivity index (χ0v) is 14.3. The molecule has 5 rings (SSSR count). The number of aryl methyl sites for hydroxylation is 1. The highest BCUT2D eigenvalue weighted by Gasteiger charge is 2.32. The van der Waals surface area contributed by atoms with E-state index in [1.54, 1.807) is 11.3 Å². The monoisotopic (exact) mass is 341 g/mol. The summed E-state index contributed by atoms with van der Waals surface area (Å²) in [5.74, 6) is 0.246. The second-order valence-corrected chi connectivity index (χ2v) is 7.42. The lowest BCUT2D eigenvalue weighted by Crippen LogP contribution is -2.36. The number of carbonyl (C=O) groups is 1. The fraction of sp³-hybridized carbons (Fsp3) is 0.444. The van der Waals surface area contributed by atoms with Crippen molar-refractivity contribution in [1.29, 1.82) is 0 Å². The fourth-order valence-electron chi connectivity index (χ4n) is 3.92. The Morgan fingerprint density at radius 2 is 1.96 bits per heavy atom. The molecular weight excluding hydrogens is 322 g/mol. The number of benzene rings is 1. The third-order valence-corrected chi connectivity index (χ3v) is 5.98. The lowest BCUT2D eigenvalue weighted by molar-refractivity contribution is -0.117. The SMILES string of the molecule is O=C1Cc2cc(-c3csc(N4CCOCC4)n3)cc3c2N1CCC3. The molecule has 0 bridgehead atoms. The van der Waals surface area contributed by atoms with Crippen LogP contribution in [0.15, 0.2) is 17.5 Å². The van der Waals surface area contributed by atoms with Gasteiger partial charge in [0, 0.05) is 30.6 Å². The zero-order chi connectivity index (χ0) is 16.1. The van der Waals surface area contributed by atoms with Crippen LogP contribution in [-0.2, 0) is 22.4 Å². The highest BCUT2D eigenvalue weighted by Crippen LogP contribution is 2.40. The van der Waals surface area contributed by atoms with Gasteiger partial charge in [0.25, 0.3) is 0 Å². The summed E-state index contributed by atoms with van der Waals surface area (Å²) in [6.07, 6.45) is 2.65. The van der Waals surface area contributed by atoms with Crippen molar-refractivity contribution in [3.05, 3.63) is 28.6 Å². The average molecular weight is 341 g/mol. The molecule has 1 aromatic heterocycles. The summed E-state index contributed by atoms with van der Waals surface area (Å²) in [7, 11) is 0. The maximum absolute atomic E-state index is 12.2. The van der Waals surface area contributed by atoms with Crippen molar-refractivity contribution in [3.63, 3.8) is 0 Å². The van der Waals surface area contributed by atoms with Crippen molar-refractivity contribution in [2.75, 3.05) is 42.6 Å². The van der Waals surface area contributed by atoms with E-state index in [9.17, 15) is 4.79 Å². The van der Waals surface area contributed by atoms with Crippen LogP contribution in [0, 0.1) is 0 Å². The summed E-state index contributed by atoms with van der Waals surface area (Å²) in [6, 6.07) is 4.40. The molecule has 0 saturated carbocycles. The van der Waals surface area contributed by atoms with E-state index in [0.29, 0.717) is 6.42 Å². The van der Waals surface area contributed by atoms with Crippen molar-refractivity contribution in [2.24, 2.45) is 0 Å². The highest BCUT2D eigenvalue weighted by atomic mass is 32.1. The van der Waals surface area contributed by atoms with Gasteiger partial charge in [-0.05, 0) is 36.1 Å². The van der Waals surface area contributed by atoms with Crippen LogP contribution in [0.3, 0.4) is 0 Å². The number of ether oxygens (including phenoxy) is 1. The Morgan fingerprint density at radius 1 is 1.12 bits per heavy atom. The number of rotatable bonds is 2. The maximum atomic E-state index is 12.2. The van der Waals surface area contributed by atoms with Crippen LogP contribution in [0.1, 0.15) is 17.5 Å². The Labute approximate surface area is 144 Å². The number of amides is 1.